The number of halogens is 1. The Morgan fingerprint density at radius 3 is 2.41 bits per heavy atom. The molecule has 1 heterocycles. The monoisotopic (exact) mass is 410 g/mol. The predicted molar refractivity (Wildman–Crippen MR) is 105 cm³/mol. The van der Waals surface area contributed by atoms with Gasteiger partial charge in [-0.2, -0.15) is 0 Å². The minimum atomic E-state index is -3.90. The third-order valence-corrected chi connectivity index (χ3v) is 8.10. The van der Waals surface area contributed by atoms with Crippen LogP contribution in [0.2, 0.25) is 0 Å². The van der Waals surface area contributed by atoms with Gasteiger partial charge in [-0.05, 0) is 48.6 Å². The number of carbonyl (C=O) groups is 1. The normalized spacial score (nSPS) is 15.5. The van der Waals surface area contributed by atoms with E-state index in [4.69, 9.17) is 0 Å². The van der Waals surface area contributed by atoms with Crippen LogP contribution in [0.5, 0.6) is 0 Å². The molecule has 0 bridgehead atoms. The summed E-state index contributed by atoms with van der Waals surface area (Å²) in [5.74, 6) is -0.718. The van der Waals surface area contributed by atoms with Crippen molar-refractivity contribution in [2.75, 3.05) is 17.9 Å². The molecule has 0 saturated heterocycles. The highest BCUT2D eigenvalue weighted by molar-refractivity contribution is 7.94. The van der Waals surface area contributed by atoms with Gasteiger partial charge in [0.05, 0.1) is 5.69 Å². The van der Waals surface area contributed by atoms with Gasteiger partial charge in [-0.15, -0.1) is 11.3 Å². The van der Waals surface area contributed by atoms with Gasteiger partial charge in [0.1, 0.15) is 16.6 Å². The molecule has 0 aliphatic heterocycles. The van der Waals surface area contributed by atoms with Gasteiger partial charge in [-0.3, -0.25) is 9.10 Å². The van der Waals surface area contributed by atoms with Crippen LogP contribution in [0.4, 0.5) is 10.1 Å². The average molecular weight is 411 g/mol. The molecule has 1 saturated carbocycles. The molecule has 2 aromatic rings. The van der Waals surface area contributed by atoms with Crippen LogP contribution in [0.25, 0.3) is 0 Å². The minimum absolute atomic E-state index is 0.144. The zero-order chi connectivity index (χ0) is 19.4. The lowest BCUT2D eigenvalue weighted by molar-refractivity contribution is -0.130. The summed E-state index contributed by atoms with van der Waals surface area (Å²) in [5, 5.41) is 1.67. The Kier molecular flexibility index (Phi) is 6.16. The lowest BCUT2D eigenvalue weighted by atomic mass is 9.94. The fourth-order valence-electron chi connectivity index (χ4n) is 3.35. The highest BCUT2D eigenvalue weighted by Crippen LogP contribution is 2.28. The number of likely N-dealkylation sites (N-methyl/N-ethyl adjacent to an activating group) is 1. The zero-order valence-corrected chi connectivity index (χ0v) is 16.8. The van der Waals surface area contributed by atoms with Gasteiger partial charge in [0.25, 0.3) is 10.0 Å². The number of rotatable bonds is 6. The number of nitrogens with zero attached hydrogens (tertiary/aromatic N) is 2. The first-order valence-corrected chi connectivity index (χ1v) is 11.3. The van der Waals surface area contributed by atoms with E-state index in [9.17, 15) is 17.6 Å². The van der Waals surface area contributed by atoms with E-state index in [0.717, 1.165) is 41.3 Å². The Balaban J connectivity index is 1.88. The molecule has 1 aromatic heterocycles. The molecule has 0 unspecified atom stereocenters. The van der Waals surface area contributed by atoms with Crippen molar-refractivity contribution < 1.29 is 17.6 Å². The first-order valence-electron chi connectivity index (χ1n) is 8.97. The van der Waals surface area contributed by atoms with E-state index in [0.29, 0.717) is 0 Å². The van der Waals surface area contributed by atoms with Gasteiger partial charge < -0.3 is 4.90 Å². The molecule has 1 amide bonds. The van der Waals surface area contributed by atoms with Crippen LogP contribution in [0.1, 0.15) is 32.1 Å². The number of sulfonamides is 1. The predicted octanol–water partition coefficient (Wildman–Crippen LogP) is 3.87. The second-order valence-corrected chi connectivity index (χ2v) is 9.75. The van der Waals surface area contributed by atoms with Gasteiger partial charge in [0, 0.05) is 13.1 Å². The second-order valence-electron chi connectivity index (χ2n) is 6.72. The standard InChI is InChI=1S/C19H23FN2O3S2/c1-21(16-6-3-2-4-7-16)18(23)14-22(17-11-9-15(20)10-12-17)27(24,25)19-8-5-13-26-19/h5,8-13,16H,2-4,6-7,14H2,1H3. The number of carbonyl (C=O) groups excluding carboxylic acids is 1. The van der Waals surface area contributed by atoms with E-state index in [2.05, 4.69) is 0 Å². The van der Waals surface area contributed by atoms with Crippen LogP contribution in [0.3, 0.4) is 0 Å². The molecular weight excluding hydrogens is 387 g/mol. The van der Waals surface area contributed by atoms with Gasteiger partial charge in [0.2, 0.25) is 5.91 Å². The second kappa shape index (κ2) is 8.39. The van der Waals surface area contributed by atoms with Crippen LogP contribution in [0, 0.1) is 5.82 Å². The van der Waals surface area contributed by atoms with Crippen molar-refractivity contribution in [2.24, 2.45) is 0 Å². The Hall–Kier alpha value is -1.93. The van der Waals surface area contributed by atoms with E-state index >= 15 is 0 Å². The molecule has 5 nitrogen and oxygen atoms in total. The molecule has 146 valence electrons. The molecule has 1 aromatic carbocycles. The van der Waals surface area contributed by atoms with E-state index in [1.54, 1.807) is 23.4 Å². The molecule has 3 rings (SSSR count). The molecule has 1 aliphatic carbocycles. The Morgan fingerprint density at radius 1 is 1.15 bits per heavy atom. The minimum Gasteiger partial charge on any atom is -0.341 e. The molecule has 0 radical (unpaired) electrons. The molecule has 1 aliphatic rings. The number of benzene rings is 1. The lowest BCUT2D eigenvalue weighted by Crippen LogP contribution is -2.45. The van der Waals surface area contributed by atoms with Crippen LogP contribution < -0.4 is 4.31 Å². The van der Waals surface area contributed by atoms with Crippen molar-refractivity contribution in [3.63, 3.8) is 0 Å². The van der Waals surface area contributed by atoms with E-state index < -0.39 is 15.8 Å². The van der Waals surface area contributed by atoms with Crippen molar-refractivity contribution in [1.82, 2.24) is 4.90 Å². The largest absolute Gasteiger partial charge is 0.341 e. The maximum absolute atomic E-state index is 13.3. The van der Waals surface area contributed by atoms with Crippen LogP contribution in [0.15, 0.2) is 46.0 Å². The van der Waals surface area contributed by atoms with Crippen molar-refractivity contribution in [3.05, 3.63) is 47.6 Å². The molecule has 27 heavy (non-hydrogen) atoms. The number of hydrogen-bond donors (Lipinski definition) is 0. The Labute approximate surface area is 163 Å². The van der Waals surface area contributed by atoms with Gasteiger partial charge in [0.15, 0.2) is 0 Å². The molecule has 8 heteroatoms. The summed E-state index contributed by atoms with van der Waals surface area (Å²) in [4.78, 5) is 14.5. The summed E-state index contributed by atoms with van der Waals surface area (Å²) in [6.07, 6.45) is 5.22. The Morgan fingerprint density at radius 2 is 1.81 bits per heavy atom. The number of anilines is 1. The molecule has 1 fully saturated rings. The van der Waals surface area contributed by atoms with Crippen molar-refractivity contribution >= 4 is 33.0 Å². The summed E-state index contributed by atoms with van der Waals surface area (Å²) in [7, 11) is -2.17. The third kappa shape index (κ3) is 4.50. The first-order chi connectivity index (χ1) is 12.9. The molecule has 0 N–H and O–H groups in total. The number of hydrogen-bond acceptors (Lipinski definition) is 4. The summed E-state index contributed by atoms with van der Waals surface area (Å²) < 4.78 is 40.7. The topological polar surface area (TPSA) is 57.7 Å². The van der Waals surface area contributed by atoms with Crippen LogP contribution in [-0.4, -0.2) is 38.9 Å². The quantitative estimate of drug-likeness (QED) is 0.726. The highest BCUT2D eigenvalue weighted by Gasteiger charge is 2.31. The lowest BCUT2D eigenvalue weighted by Gasteiger charge is -2.33. The van der Waals surface area contributed by atoms with Crippen LogP contribution in [-0.2, 0) is 14.8 Å². The van der Waals surface area contributed by atoms with Crippen LogP contribution >= 0.6 is 11.3 Å². The van der Waals surface area contributed by atoms with Crippen molar-refractivity contribution in [2.45, 2.75) is 42.4 Å². The zero-order valence-electron chi connectivity index (χ0n) is 15.2. The van der Waals surface area contributed by atoms with Gasteiger partial charge >= 0.3 is 0 Å². The maximum Gasteiger partial charge on any atom is 0.274 e. The number of thiophene rings is 1. The fraction of sp³-hybridized carbons (Fsp3) is 0.421. The average Bonchev–Trinajstić information content (AvgIpc) is 3.22. The van der Waals surface area contributed by atoms with E-state index in [1.165, 1.54) is 36.8 Å². The van der Waals surface area contributed by atoms with Crippen molar-refractivity contribution in [1.29, 1.82) is 0 Å². The van der Waals surface area contributed by atoms with Gasteiger partial charge in [-0.1, -0.05) is 25.3 Å². The molecular formula is C19H23FN2O3S2. The number of amides is 1. The van der Waals surface area contributed by atoms with E-state index in [-0.39, 0.29) is 28.4 Å². The SMILES string of the molecule is CN(C(=O)CN(c1ccc(F)cc1)S(=O)(=O)c1cccs1)C1CCCCC1. The summed E-state index contributed by atoms with van der Waals surface area (Å²) >= 11 is 1.09. The fourth-order valence-corrected chi connectivity index (χ4v) is 5.87. The maximum atomic E-state index is 13.3. The summed E-state index contributed by atoms with van der Waals surface area (Å²) in [5.41, 5.74) is 0.273. The van der Waals surface area contributed by atoms with Gasteiger partial charge in [-0.25, -0.2) is 12.8 Å². The summed E-state index contributed by atoms with van der Waals surface area (Å²) in [6, 6.07) is 8.46. The van der Waals surface area contributed by atoms with Crippen molar-refractivity contribution in [3.8, 4) is 0 Å². The molecule has 0 atom stereocenters. The molecule has 0 spiro atoms. The third-order valence-electron chi connectivity index (χ3n) is 4.95. The highest BCUT2D eigenvalue weighted by atomic mass is 32.2. The first kappa shape index (κ1) is 19.8. The summed E-state index contributed by atoms with van der Waals surface area (Å²) in [6.45, 7) is -0.307. The smallest absolute Gasteiger partial charge is 0.274 e. The van der Waals surface area contributed by atoms with E-state index in [1.807, 2.05) is 0 Å². The Bertz CT molecular complexity index is 861.